The molecule has 142 valence electrons. The van der Waals surface area contributed by atoms with Crippen LogP contribution in [0.1, 0.15) is 30.9 Å². The van der Waals surface area contributed by atoms with E-state index in [2.05, 4.69) is 5.32 Å². The minimum atomic E-state index is -0.371. The van der Waals surface area contributed by atoms with E-state index in [1.165, 1.54) is 0 Å². The van der Waals surface area contributed by atoms with Crippen molar-refractivity contribution in [1.82, 2.24) is 10.2 Å². The lowest BCUT2D eigenvalue weighted by Gasteiger charge is -2.24. The van der Waals surface area contributed by atoms with Gasteiger partial charge in [0.05, 0.1) is 13.0 Å². The van der Waals surface area contributed by atoms with Gasteiger partial charge in [-0.2, -0.15) is 0 Å². The van der Waals surface area contributed by atoms with Crippen LogP contribution >= 0.6 is 0 Å². The fourth-order valence-corrected chi connectivity index (χ4v) is 3.39. The van der Waals surface area contributed by atoms with Crippen molar-refractivity contribution < 1.29 is 14.3 Å². The van der Waals surface area contributed by atoms with Crippen molar-refractivity contribution in [3.63, 3.8) is 0 Å². The van der Waals surface area contributed by atoms with E-state index in [1.54, 1.807) is 4.90 Å². The zero-order valence-corrected chi connectivity index (χ0v) is 15.7. The molecule has 0 spiro atoms. The Hall–Kier alpha value is -2.82. The maximum absolute atomic E-state index is 12.7. The second kappa shape index (κ2) is 9.21. The van der Waals surface area contributed by atoms with Gasteiger partial charge in [-0.3, -0.25) is 9.59 Å². The molecule has 5 heteroatoms. The molecule has 2 amide bonds. The number of likely N-dealkylation sites (tertiary alicyclic amines) is 1. The highest BCUT2D eigenvalue weighted by Gasteiger charge is 2.33. The smallest absolute Gasteiger partial charge is 0.243 e. The van der Waals surface area contributed by atoms with Crippen LogP contribution in [-0.2, 0) is 22.6 Å². The minimum Gasteiger partial charge on any atom is -0.494 e. The van der Waals surface area contributed by atoms with E-state index in [0.29, 0.717) is 26.1 Å². The Morgan fingerprint density at radius 3 is 2.52 bits per heavy atom. The number of nitrogens with zero attached hydrogens (tertiary/aromatic N) is 1. The Bertz CT molecular complexity index is 759. The Kier molecular flexibility index (Phi) is 6.47. The Labute approximate surface area is 160 Å². The molecule has 1 N–H and O–H groups in total. The van der Waals surface area contributed by atoms with Crippen LogP contribution in [0.5, 0.6) is 5.75 Å². The third-order valence-corrected chi connectivity index (χ3v) is 4.78. The molecule has 1 heterocycles. The molecule has 0 radical (unpaired) electrons. The van der Waals surface area contributed by atoms with Crippen LogP contribution in [0.25, 0.3) is 0 Å². The van der Waals surface area contributed by atoms with Gasteiger partial charge < -0.3 is 15.0 Å². The molecule has 0 aromatic heterocycles. The van der Waals surface area contributed by atoms with Crippen LogP contribution in [0.3, 0.4) is 0 Å². The van der Waals surface area contributed by atoms with Crippen molar-refractivity contribution in [2.75, 3.05) is 13.2 Å². The summed E-state index contributed by atoms with van der Waals surface area (Å²) in [6, 6.07) is 17.0. The number of carbonyl (C=O) groups is 2. The minimum absolute atomic E-state index is 0.00322. The molecule has 0 aliphatic carbocycles. The first kappa shape index (κ1) is 19.0. The molecule has 2 aromatic rings. The quantitative estimate of drug-likeness (QED) is 0.820. The monoisotopic (exact) mass is 366 g/mol. The molecule has 1 aliphatic heterocycles. The molecule has 3 rings (SSSR count). The third-order valence-electron chi connectivity index (χ3n) is 4.78. The summed E-state index contributed by atoms with van der Waals surface area (Å²) in [7, 11) is 0. The maximum atomic E-state index is 12.7. The number of nitrogens with one attached hydrogen (secondary N) is 1. The van der Waals surface area contributed by atoms with Gasteiger partial charge in [0.2, 0.25) is 11.8 Å². The Morgan fingerprint density at radius 2 is 1.81 bits per heavy atom. The summed E-state index contributed by atoms with van der Waals surface area (Å²) in [5, 5.41) is 2.96. The number of hydrogen-bond donors (Lipinski definition) is 1. The fraction of sp³-hybridized carbons (Fsp3) is 0.364. The molecule has 1 aliphatic rings. The average molecular weight is 366 g/mol. The SMILES string of the molecule is CCOc1ccc(CC(=O)N2CCC[C@H]2C(=O)NCc2ccccc2)cc1. The second-order valence-corrected chi connectivity index (χ2v) is 6.70. The highest BCUT2D eigenvalue weighted by molar-refractivity contribution is 5.89. The molecular weight excluding hydrogens is 340 g/mol. The van der Waals surface area contributed by atoms with Crippen molar-refractivity contribution in [2.24, 2.45) is 0 Å². The van der Waals surface area contributed by atoms with E-state index in [-0.39, 0.29) is 17.9 Å². The molecule has 27 heavy (non-hydrogen) atoms. The van der Waals surface area contributed by atoms with Crippen LogP contribution in [0.15, 0.2) is 54.6 Å². The van der Waals surface area contributed by atoms with Crippen LogP contribution in [0.2, 0.25) is 0 Å². The van der Waals surface area contributed by atoms with E-state index >= 15 is 0 Å². The van der Waals surface area contributed by atoms with Gasteiger partial charge in [0.25, 0.3) is 0 Å². The van der Waals surface area contributed by atoms with E-state index in [0.717, 1.165) is 29.7 Å². The lowest BCUT2D eigenvalue weighted by Crippen LogP contribution is -2.46. The number of ether oxygens (including phenoxy) is 1. The Morgan fingerprint density at radius 1 is 1.07 bits per heavy atom. The van der Waals surface area contributed by atoms with Crippen LogP contribution in [0, 0.1) is 0 Å². The zero-order chi connectivity index (χ0) is 19.1. The standard InChI is InChI=1S/C22H26N2O3/c1-2-27-19-12-10-17(11-13-19)15-21(25)24-14-6-9-20(24)22(26)23-16-18-7-4-3-5-8-18/h3-5,7-8,10-13,20H,2,6,9,14-16H2,1H3,(H,23,26)/t20-/m0/s1. The van der Waals surface area contributed by atoms with Crippen molar-refractivity contribution in [3.05, 3.63) is 65.7 Å². The van der Waals surface area contributed by atoms with Gasteiger partial charge in [0.1, 0.15) is 11.8 Å². The van der Waals surface area contributed by atoms with E-state index in [4.69, 9.17) is 4.74 Å². The summed E-state index contributed by atoms with van der Waals surface area (Å²) in [6.07, 6.45) is 1.88. The largest absolute Gasteiger partial charge is 0.494 e. The number of hydrogen-bond acceptors (Lipinski definition) is 3. The molecule has 1 atom stereocenters. The molecule has 1 saturated heterocycles. The van der Waals surface area contributed by atoms with Gasteiger partial charge in [-0.1, -0.05) is 42.5 Å². The van der Waals surface area contributed by atoms with Gasteiger partial charge in [-0.25, -0.2) is 0 Å². The first-order chi connectivity index (χ1) is 13.2. The molecule has 0 unspecified atom stereocenters. The van der Waals surface area contributed by atoms with E-state index < -0.39 is 0 Å². The summed E-state index contributed by atoms with van der Waals surface area (Å²) in [5.41, 5.74) is 1.98. The number of rotatable bonds is 7. The predicted octanol–water partition coefficient (Wildman–Crippen LogP) is 2.94. The third kappa shape index (κ3) is 5.09. The first-order valence-corrected chi connectivity index (χ1v) is 9.50. The highest BCUT2D eigenvalue weighted by atomic mass is 16.5. The van der Waals surface area contributed by atoms with Gasteiger partial charge in [0.15, 0.2) is 0 Å². The highest BCUT2D eigenvalue weighted by Crippen LogP contribution is 2.20. The van der Waals surface area contributed by atoms with E-state index in [1.807, 2.05) is 61.5 Å². The summed E-state index contributed by atoms with van der Waals surface area (Å²) in [5.74, 6) is 0.723. The van der Waals surface area contributed by atoms with Crippen molar-refractivity contribution in [2.45, 2.75) is 38.8 Å². The van der Waals surface area contributed by atoms with Crippen molar-refractivity contribution in [1.29, 1.82) is 0 Å². The number of amides is 2. The topological polar surface area (TPSA) is 58.6 Å². The van der Waals surface area contributed by atoms with Gasteiger partial charge in [-0.15, -0.1) is 0 Å². The predicted molar refractivity (Wildman–Crippen MR) is 104 cm³/mol. The summed E-state index contributed by atoms with van der Waals surface area (Å²) in [6.45, 7) is 3.68. The lowest BCUT2D eigenvalue weighted by molar-refractivity contribution is -0.138. The second-order valence-electron chi connectivity index (χ2n) is 6.70. The van der Waals surface area contributed by atoms with Crippen molar-refractivity contribution in [3.8, 4) is 5.75 Å². The average Bonchev–Trinajstić information content (AvgIpc) is 3.19. The molecule has 1 fully saturated rings. The zero-order valence-electron chi connectivity index (χ0n) is 15.7. The summed E-state index contributed by atoms with van der Waals surface area (Å²) >= 11 is 0. The molecule has 0 saturated carbocycles. The van der Waals surface area contributed by atoms with Gasteiger partial charge in [0, 0.05) is 13.1 Å². The van der Waals surface area contributed by atoms with Crippen molar-refractivity contribution >= 4 is 11.8 Å². The lowest BCUT2D eigenvalue weighted by atomic mass is 10.1. The van der Waals surface area contributed by atoms with Crippen LogP contribution < -0.4 is 10.1 Å². The molecular formula is C22H26N2O3. The Balaban J connectivity index is 1.56. The number of carbonyl (C=O) groups excluding carboxylic acids is 2. The van der Waals surface area contributed by atoms with E-state index in [9.17, 15) is 9.59 Å². The van der Waals surface area contributed by atoms with Gasteiger partial charge in [-0.05, 0) is 43.0 Å². The number of benzene rings is 2. The summed E-state index contributed by atoms with van der Waals surface area (Å²) < 4.78 is 5.43. The fourth-order valence-electron chi connectivity index (χ4n) is 3.39. The van der Waals surface area contributed by atoms with Gasteiger partial charge >= 0.3 is 0 Å². The molecule has 2 aromatic carbocycles. The van der Waals surface area contributed by atoms with Crippen LogP contribution in [-0.4, -0.2) is 35.9 Å². The normalized spacial score (nSPS) is 16.2. The first-order valence-electron chi connectivity index (χ1n) is 9.50. The molecule has 5 nitrogen and oxygen atoms in total. The van der Waals surface area contributed by atoms with Crippen LogP contribution in [0.4, 0.5) is 0 Å². The maximum Gasteiger partial charge on any atom is 0.243 e. The summed E-state index contributed by atoms with van der Waals surface area (Å²) in [4.78, 5) is 27.0. The molecule has 0 bridgehead atoms.